The molecule has 0 spiro atoms. The van der Waals surface area contributed by atoms with Crippen LogP contribution >= 0.6 is 11.3 Å². The number of piperidine rings is 1. The van der Waals surface area contributed by atoms with E-state index in [4.69, 9.17) is 10.5 Å². The molecular weight excluding hydrogens is 328 g/mol. The molecule has 2 aromatic rings. The number of aryl methyl sites for hydroxylation is 1. The van der Waals surface area contributed by atoms with Crippen molar-refractivity contribution in [3.63, 3.8) is 0 Å². The minimum Gasteiger partial charge on any atom is -0.488 e. The highest BCUT2D eigenvalue weighted by molar-refractivity contribution is 7.09. The van der Waals surface area contributed by atoms with Crippen LogP contribution in [0.2, 0.25) is 0 Å². The van der Waals surface area contributed by atoms with Crippen LogP contribution in [0.4, 0.5) is 0 Å². The molecular formula is C16H18N4O3S. The average molecular weight is 346 g/mol. The van der Waals surface area contributed by atoms with E-state index in [0.717, 1.165) is 17.8 Å². The molecule has 0 saturated carbocycles. The molecule has 126 valence electrons. The number of carbonyl (C=O) groups excluding carboxylic acids is 2. The predicted octanol–water partition coefficient (Wildman–Crippen LogP) is 1.63. The van der Waals surface area contributed by atoms with Gasteiger partial charge in [-0.05, 0) is 25.8 Å². The Morgan fingerprint density at radius 1 is 1.42 bits per heavy atom. The van der Waals surface area contributed by atoms with Crippen molar-refractivity contribution in [2.45, 2.75) is 25.9 Å². The molecule has 1 aliphatic rings. The maximum absolute atomic E-state index is 12.5. The Kier molecular flexibility index (Phi) is 4.75. The number of carbonyl (C=O) groups is 2. The molecule has 24 heavy (non-hydrogen) atoms. The third-order valence-corrected chi connectivity index (χ3v) is 4.56. The van der Waals surface area contributed by atoms with E-state index in [9.17, 15) is 9.59 Å². The van der Waals surface area contributed by atoms with Crippen LogP contribution in [0.5, 0.6) is 5.75 Å². The van der Waals surface area contributed by atoms with Crippen molar-refractivity contribution in [2.75, 3.05) is 13.1 Å². The van der Waals surface area contributed by atoms with Gasteiger partial charge in [-0.25, -0.2) is 4.98 Å². The number of thiazole rings is 1. The fraction of sp³-hybridized carbons (Fsp3) is 0.375. The average Bonchev–Trinajstić information content (AvgIpc) is 3.01. The van der Waals surface area contributed by atoms with Crippen molar-refractivity contribution < 1.29 is 14.3 Å². The van der Waals surface area contributed by atoms with Crippen molar-refractivity contribution in [3.8, 4) is 5.75 Å². The molecule has 0 aliphatic carbocycles. The van der Waals surface area contributed by atoms with E-state index in [1.807, 2.05) is 6.92 Å². The molecule has 7 nitrogen and oxygen atoms in total. The summed E-state index contributed by atoms with van der Waals surface area (Å²) in [6.07, 6.45) is 3.05. The maximum atomic E-state index is 12.5. The van der Waals surface area contributed by atoms with Gasteiger partial charge < -0.3 is 15.4 Å². The Morgan fingerprint density at radius 3 is 2.96 bits per heavy atom. The zero-order chi connectivity index (χ0) is 17.1. The van der Waals surface area contributed by atoms with E-state index >= 15 is 0 Å². The van der Waals surface area contributed by atoms with Gasteiger partial charge in [0.05, 0.1) is 11.6 Å². The Balaban J connectivity index is 1.66. The van der Waals surface area contributed by atoms with Crippen LogP contribution in [0.1, 0.15) is 38.8 Å². The van der Waals surface area contributed by atoms with Gasteiger partial charge in [0, 0.05) is 24.2 Å². The highest BCUT2D eigenvalue weighted by atomic mass is 32.1. The molecule has 1 aliphatic heterocycles. The van der Waals surface area contributed by atoms with Gasteiger partial charge in [0.1, 0.15) is 23.2 Å². The van der Waals surface area contributed by atoms with Crippen molar-refractivity contribution in [2.24, 2.45) is 5.73 Å². The molecule has 2 aromatic heterocycles. The normalized spacial score (nSPS) is 17.5. The number of nitrogens with zero attached hydrogens (tertiary/aromatic N) is 3. The number of pyridine rings is 1. The zero-order valence-corrected chi connectivity index (χ0v) is 14.1. The van der Waals surface area contributed by atoms with Gasteiger partial charge in [0.2, 0.25) is 0 Å². The number of primary amides is 1. The van der Waals surface area contributed by atoms with Gasteiger partial charge in [-0.15, -0.1) is 11.3 Å². The first-order chi connectivity index (χ1) is 11.5. The largest absolute Gasteiger partial charge is 0.488 e. The van der Waals surface area contributed by atoms with Gasteiger partial charge in [-0.1, -0.05) is 0 Å². The SMILES string of the molecule is Cc1nc(C(=O)N2CCCC(Oc3ccnc(C(N)=O)c3)C2)cs1. The Hall–Kier alpha value is -2.48. The second kappa shape index (κ2) is 6.96. The predicted molar refractivity (Wildman–Crippen MR) is 89.2 cm³/mol. The summed E-state index contributed by atoms with van der Waals surface area (Å²) in [5.74, 6) is -0.136. The van der Waals surface area contributed by atoms with Crippen LogP contribution in [0.3, 0.4) is 0 Å². The number of hydrogen-bond acceptors (Lipinski definition) is 6. The molecule has 0 radical (unpaired) electrons. The summed E-state index contributed by atoms with van der Waals surface area (Å²) in [7, 11) is 0. The number of aromatic nitrogens is 2. The monoisotopic (exact) mass is 346 g/mol. The maximum Gasteiger partial charge on any atom is 0.273 e. The van der Waals surface area contributed by atoms with E-state index in [-0.39, 0.29) is 17.7 Å². The topological polar surface area (TPSA) is 98.4 Å². The van der Waals surface area contributed by atoms with Crippen molar-refractivity contribution >= 4 is 23.2 Å². The fourth-order valence-corrected chi connectivity index (χ4v) is 3.24. The second-order valence-corrected chi connectivity index (χ2v) is 6.69. The molecule has 1 atom stereocenters. The summed E-state index contributed by atoms with van der Waals surface area (Å²) < 4.78 is 5.91. The minimum absolute atomic E-state index is 0.0693. The minimum atomic E-state index is -0.597. The smallest absolute Gasteiger partial charge is 0.273 e. The van der Waals surface area contributed by atoms with E-state index in [2.05, 4.69) is 9.97 Å². The lowest BCUT2D eigenvalue weighted by Crippen LogP contribution is -2.44. The number of likely N-dealkylation sites (tertiary alicyclic amines) is 1. The summed E-state index contributed by atoms with van der Waals surface area (Å²) in [6, 6.07) is 3.20. The highest BCUT2D eigenvalue weighted by Gasteiger charge is 2.27. The number of hydrogen-bond donors (Lipinski definition) is 1. The fourth-order valence-electron chi connectivity index (χ4n) is 2.65. The lowest BCUT2D eigenvalue weighted by atomic mass is 10.1. The Morgan fingerprint density at radius 2 is 2.25 bits per heavy atom. The third kappa shape index (κ3) is 3.70. The van der Waals surface area contributed by atoms with Gasteiger partial charge in [-0.2, -0.15) is 0 Å². The molecule has 1 fully saturated rings. The molecule has 0 aromatic carbocycles. The number of rotatable bonds is 4. The Bertz CT molecular complexity index is 761. The number of nitrogens with two attached hydrogens (primary N) is 1. The lowest BCUT2D eigenvalue weighted by molar-refractivity contribution is 0.0533. The van der Waals surface area contributed by atoms with E-state index in [1.165, 1.54) is 23.6 Å². The Labute approximate surface area is 143 Å². The van der Waals surface area contributed by atoms with Gasteiger partial charge in [0.25, 0.3) is 11.8 Å². The van der Waals surface area contributed by atoms with Crippen molar-refractivity contribution in [3.05, 3.63) is 40.1 Å². The lowest BCUT2D eigenvalue weighted by Gasteiger charge is -2.32. The molecule has 2 amide bonds. The van der Waals surface area contributed by atoms with Crippen molar-refractivity contribution in [1.29, 1.82) is 0 Å². The van der Waals surface area contributed by atoms with Gasteiger partial charge in [-0.3, -0.25) is 14.6 Å². The first-order valence-corrected chi connectivity index (χ1v) is 8.55. The summed E-state index contributed by atoms with van der Waals surface area (Å²) in [6.45, 7) is 3.06. The first kappa shape index (κ1) is 16.4. The zero-order valence-electron chi connectivity index (χ0n) is 13.3. The first-order valence-electron chi connectivity index (χ1n) is 7.67. The molecule has 1 unspecified atom stereocenters. The third-order valence-electron chi connectivity index (χ3n) is 3.79. The van der Waals surface area contributed by atoms with Crippen LogP contribution in [-0.2, 0) is 0 Å². The summed E-state index contributed by atoms with van der Waals surface area (Å²) in [5.41, 5.74) is 5.87. The van der Waals surface area contributed by atoms with Crippen LogP contribution in [0, 0.1) is 6.92 Å². The summed E-state index contributed by atoms with van der Waals surface area (Å²) in [4.78, 5) is 33.6. The molecule has 8 heteroatoms. The summed E-state index contributed by atoms with van der Waals surface area (Å²) in [5, 5.41) is 2.66. The quantitative estimate of drug-likeness (QED) is 0.907. The van der Waals surface area contributed by atoms with Crippen LogP contribution in [-0.4, -0.2) is 45.9 Å². The molecule has 3 rings (SSSR count). The van der Waals surface area contributed by atoms with E-state index in [1.54, 1.807) is 16.3 Å². The number of ether oxygens (including phenoxy) is 1. The van der Waals surface area contributed by atoms with Crippen LogP contribution in [0.15, 0.2) is 23.7 Å². The molecule has 0 bridgehead atoms. The second-order valence-electron chi connectivity index (χ2n) is 5.63. The number of amides is 2. The van der Waals surface area contributed by atoms with E-state index < -0.39 is 5.91 Å². The summed E-state index contributed by atoms with van der Waals surface area (Å²) >= 11 is 1.46. The molecule has 3 heterocycles. The molecule has 1 saturated heterocycles. The van der Waals surface area contributed by atoms with E-state index in [0.29, 0.717) is 24.5 Å². The molecule has 2 N–H and O–H groups in total. The highest BCUT2D eigenvalue weighted by Crippen LogP contribution is 2.20. The van der Waals surface area contributed by atoms with Gasteiger partial charge in [0.15, 0.2) is 0 Å². The van der Waals surface area contributed by atoms with Crippen LogP contribution in [0.25, 0.3) is 0 Å². The van der Waals surface area contributed by atoms with Gasteiger partial charge >= 0.3 is 0 Å². The van der Waals surface area contributed by atoms with Crippen molar-refractivity contribution in [1.82, 2.24) is 14.9 Å². The van der Waals surface area contributed by atoms with Crippen LogP contribution < -0.4 is 10.5 Å². The standard InChI is InChI=1S/C16H18N4O3S/c1-10-19-14(9-24-10)16(22)20-6-2-3-12(8-20)23-11-4-5-18-13(7-11)15(17)21/h4-5,7,9,12H,2-3,6,8H2,1H3,(H2,17,21).